The van der Waals surface area contributed by atoms with Crippen LogP contribution >= 0.6 is 67.8 Å². The molecule has 0 spiro atoms. The minimum absolute atomic E-state index is 0.226. The van der Waals surface area contributed by atoms with E-state index in [0.29, 0.717) is 13.2 Å². The maximum Gasteiger partial charge on any atom is 0.166 e. The Labute approximate surface area is 237 Å². The summed E-state index contributed by atoms with van der Waals surface area (Å²) in [6.45, 7) is 0.929. The molecule has 0 amide bonds. The van der Waals surface area contributed by atoms with Crippen molar-refractivity contribution in [1.82, 2.24) is 0 Å². The van der Waals surface area contributed by atoms with Gasteiger partial charge in [0.2, 0.25) is 0 Å². The largest absolute Gasteiger partial charge is 0.490 e. The molecule has 0 saturated heterocycles. The highest BCUT2D eigenvalue weighted by Crippen LogP contribution is 2.32. The molecule has 33 heavy (non-hydrogen) atoms. The standard InChI is InChI=1S/C26H19FI3O2S/c27-18-6-10-22(11-7-18)33(21-4-2-1-3-5-21)23-12-8-20(9-13-23)31-14-15-32-26-24(29)16-19(28)17-25(26)30/h1-13,16-17H,14-15H2/q+1. The van der Waals surface area contributed by atoms with Gasteiger partial charge in [0, 0.05) is 3.57 Å². The number of hydrogen-bond acceptors (Lipinski definition) is 2. The summed E-state index contributed by atoms with van der Waals surface area (Å²) in [5.74, 6) is 1.47. The monoisotopic (exact) mass is 795 g/mol. The van der Waals surface area contributed by atoms with Crippen LogP contribution in [0.4, 0.5) is 4.39 Å². The number of hydrogen-bond donors (Lipinski definition) is 0. The van der Waals surface area contributed by atoms with Gasteiger partial charge >= 0.3 is 0 Å². The molecule has 0 saturated carbocycles. The smallest absolute Gasteiger partial charge is 0.166 e. The Hall–Kier alpha value is -1.05. The van der Waals surface area contributed by atoms with Crippen LogP contribution in [0.25, 0.3) is 0 Å². The lowest BCUT2D eigenvalue weighted by Gasteiger charge is -2.12. The molecule has 1 unspecified atom stereocenters. The lowest BCUT2D eigenvalue weighted by Crippen LogP contribution is -2.10. The van der Waals surface area contributed by atoms with Gasteiger partial charge in [0.05, 0.1) is 18.0 Å². The van der Waals surface area contributed by atoms with Crippen LogP contribution in [0.1, 0.15) is 0 Å². The van der Waals surface area contributed by atoms with Gasteiger partial charge in [-0.25, -0.2) is 4.39 Å². The summed E-state index contributed by atoms with van der Waals surface area (Å²) in [6, 6.07) is 29.4. The van der Waals surface area contributed by atoms with E-state index in [1.165, 1.54) is 20.6 Å². The fourth-order valence-electron chi connectivity index (χ4n) is 3.18. The van der Waals surface area contributed by atoms with Crippen molar-refractivity contribution >= 4 is 78.7 Å². The lowest BCUT2D eigenvalue weighted by molar-refractivity contribution is 0.215. The lowest BCUT2D eigenvalue weighted by atomic mass is 10.3. The van der Waals surface area contributed by atoms with E-state index < -0.39 is 0 Å². The minimum atomic E-state index is -0.320. The highest BCUT2D eigenvalue weighted by atomic mass is 127. The molecular formula is C26H19FI3O2S+. The Morgan fingerprint density at radius 1 is 0.636 bits per heavy atom. The maximum absolute atomic E-state index is 13.5. The van der Waals surface area contributed by atoms with E-state index in [0.717, 1.165) is 28.4 Å². The van der Waals surface area contributed by atoms with E-state index in [4.69, 9.17) is 9.47 Å². The van der Waals surface area contributed by atoms with Crippen LogP contribution in [-0.2, 0) is 10.9 Å². The Kier molecular flexibility index (Phi) is 9.17. The predicted octanol–water partition coefficient (Wildman–Crippen LogP) is 8.19. The summed E-state index contributed by atoms with van der Waals surface area (Å²) in [7, 11) is -0.320. The van der Waals surface area contributed by atoms with Gasteiger partial charge in [-0.2, -0.15) is 0 Å². The summed E-state index contributed by atoms with van der Waals surface area (Å²) >= 11 is 6.91. The topological polar surface area (TPSA) is 18.5 Å². The molecule has 0 aliphatic rings. The molecule has 0 N–H and O–H groups in total. The molecule has 4 aromatic rings. The Bertz CT molecular complexity index is 1180. The molecule has 1 atom stereocenters. The van der Waals surface area contributed by atoms with Crippen LogP contribution in [0.2, 0.25) is 0 Å². The molecule has 0 fully saturated rings. The molecule has 0 aliphatic carbocycles. The number of rotatable bonds is 8. The van der Waals surface area contributed by atoms with Crippen LogP contribution in [0.15, 0.2) is 106 Å². The highest BCUT2D eigenvalue weighted by molar-refractivity contribution is 14.1. The van der Waals surface area contributed by atoms with Gasteiger partial charge in [0.15, 0.2) is 14.7 Å². The Morgan fingerprint density at radius 2 is 1.15 bits per heavy atom. The molecular weight excluding hydrogens is 776 g/mol. The molecule has 0 aliphatic heterocycles. The van der Waals surface area contributed by atoms with Crippen LogP contribution < -0.4 is 9.47 Å². The van der Waals surface area contributed by atoms with E-state index in [-0.39, 0.29) is 16.7 Å². The zero-order valence-electron chi connectivity index (χ0n) is 17.3. The normalized spacial score (nSPS) is 11.8. The first-order chi connectivity index (χ1) is 16.0. The summed E-state index contributed by atoms with van der Waals surface area (Å²) in [5, 5.41) is 0. The second-order valence-electron chi connectivity index (χ2n) is 6.94. The number of ether oxygens (including phenoxy) is 2. The second kappa shape index (κ2) is 12.1. The Balaban J connectivity index is 1.43. The van der Waals surface area contributed by atoms with E-state index in [1.807, 2.05) is 42.5 Å². The van der Waals surface area contributed by atoms with Gasteiger partial charge in [-0.3, -0.25) is 0 Å². The van der Waals surface area contributed by atoms with Crippen molar-refractivity contribution in [3.63, 3.8) is 0 Å². The predicted molar refractivity (Wildman–Crippen MR) is 157 cm³/mol. The number of halogens is 4. The summed E-state index contributed by atoms with van der Waals surface area (Å²) < 4.78 is 28.8. The highest BCUT2D eigenvalue weighted by Gasteiger charge is 2.28. The van der Waals surface area contributed by atoms with Crippen molar-refractivity contribution < 1.29 is 13.9 Å². The van der Waals surface area contributed by atoms with Crippen LogP contribution in [0.3, 0.4) is 0 Å². The van der Waals surface area contributed by atoms with Crippen molar-refractivity contribution in [2.24, 2.45) is 0 Å². The van der Waals surface area contributed by atoms with Crippen LogP contribution in [0.5, 0.6) is 11.5 Å². The van der Waals surface area contributed by atoms with Crippen molar-refractivity contribution in [2.45, 2.75) is 14.7 Å². The molecule has 0 bridgehead atoms. The van der Waals surface area contributed by atoms with E-state index >= 15 is 0 Å². The van der Waals surface area contributed by atoms with Crippen molar-refractivity contribution in [1.29, 1.82) is 0 Å². The van der Waals surface area contributed by atoms with Crippen LogP contribution in [-0.4, -0.2) is 13.2 Å². The Morgan fingerprint density at radius 3 is 1.76 bits per heavy atom. The first kappa shape index (κ1) is 25.1. The molecule has 0 heterocycles. The van der Waals surface area contributed by atoms with Gasteiger partial charge in [0.25, 0.3) is 0 Å². The van der Waals surface area contributed by atoms with Crippen molar-refractivity contribution in [3.8, 4) is 11.5 Å². The molecule has 7 heteroatoms. The maximum atomic E-state index is 13.5. The SMILES string of the molecule is Fc1ccc([S+](c2ccccc2)c2ccc(OCCOc3c(I)cc(I)cc3I)cc2)cc1. The summed E-state index contributed by atoms with van der Waals surface area (Å²) in [5.41, 5.74) is 0. The molecule has 4 aromatic carbocycles. The van der Waals surface area contributed by atoms with Crippen molar-refractivity contribution in [3.05, 3.63) is 108 Å². The fraction of sp³-hybridized carbons (Fsp3) is 0.0769. The average molecular weight is 795 g/mol. The van der Waals surface area contributed by atoms with E-state index in [2.05, 4.69) is 104 Å². The molecule has 4 rings (SSSR count). The molecule has 0 radical (unpaired) electrons. The second-order valence-corrected chi connectivity index (χ2v) is 12.5. The third-order valence-electron chi connectivity index (χ3n) is 4.65. The first-order valence-electron chi connectivity index (χ1n) is 10.1. The third kappa shape index (κ3) is 6.76. The quantitative estimate of drug-likeness (QED) is 0.102. The van der Waals surface area contributed by atoms with Gasteiger partial charge in [-0.1, -0.05) is 18.2 Å². The van der Waals surface area contributed by atoms with Crippen LogP contribution in [0, 0.1) is 16.5 Å². The van der Waals surface area contributed by atoms with Crippen molar-refractivity contribution in [2.75, 3.05) is 13.2 Å². The summed E-state index contributed by atoms with van der Waals surface area (Å²) in [6.07, 6.45) is 0. The van der Waals surface area contributed by atoms with Gasteiger partial charge in [0.1, 0.15) is 30.5 Å². The zero-order chi connectivity index (χ0) is 23.2. The van der Waals surface area contributed by atoms with E-state index in [9.17, 15) is 4.39 Å². The zero-order valence-corrected chi connectivity index (χ0v) is 24.6. The molecule has 168 valence electrons. The fourth-order valence-corrected chi connectivity index (χ4v) is 9.13. The van der Waals surface area contributed by atoms with E-state index in [1.54, 1.807) is 0 Å². The summed E-state index contributed by atoms with van der Waals surface area (Å²) in [4.78, 5) is 3.42. The molecule has 0 aromatic heterocycles. The first-order valence-corrected chi connectivity index (χ1v) is 14.5. The van der Waals surface area contributed by atoms with Gasteiger partial charge < -0.3 is 9.47 Å². The minimum Gasteiger partial charge on any atom is -0.490 e. The van der Waals surface area contributed by atoms with Gasteiger partial charge in [-0.05, 0) is 141 Å². The van der Waals surface area contributed by atoms with Gasteiger partial charge in [-0.15, -0.1) is 0 Å². The third-order valence-corrected chi connectivity index (χ3v) is 9.11. The average Bonchev–Trinajstić information content (AvgIpc) is 2.81. The molecule has 2 nitrogen and oxygen atoms in total. The number of benzene rings is 4.